The molecule has 4 heterocycles. The van der Waals surface area contributed by atoms with Crippen molar-refractivity contribution in [2.24, 2.45) is 11.0 Å². The van der Waals surface area contributed by atoms with Crippen LogP contribution in [0.25, 0.3) is 6.08 Å². The second-order valence-electron chi connectivity index (χ2n) is 9.32. The molecule has 1 saturated carbocycles. The molecule has 1 amide bonds. The minimum atomic E-state index is -3.65. The molecular formula is C27H27N3O6S. The monoisotopic (exact) mass is 521 g/mol. The van der Waals surface area contributed by atoms with Gasteiger partial charge in [-0.05, 0) is 79.4 Å². The lowest BCUT2D eigenvalue weighted by Gasteiger charge is -2.28. The van der Waals surface area contributed by atoms with Gasteiger partial charge in [0.1, 0.15) is 17.6 Å². The molecule has 37 heavy (non-hydrogen) atoms. The second-order valence-corrected chi connectivity index (χ2v) is 11.3. The Hall–Kier alpha value is -3.47. The third-order valence-electron chi connectivity index (χ3n) is 7.11. The number of hydrogen-bond acceptors (Lipinski definition) is 7. The highest BCUT2D eigenvalue weighted by Gasteiger charge is 2.45. The Bertz CT molecular complexity index is 1420. The fourth-order valence-electron chi connectivity index (χ4n) is 5.29. The normalized spacial score (nSPS) is 23.7. The van der Waals surface area contributed by atoms with E-state index in [1.165, 1.54) is 21.4 Å². The average molecular weight is 522 g/mol. The lowest BCUT2D eigenvalue weighted by Crippen LogP contribution is -2.40. The van der Waals surface area contributed by atoms with Crippen molar-refractivity contribution in [2.45, 2.75) is 30.2 Å². The van der Waals surface area contributed by atoms with E-state index in [0.717, 1.165) is 36.3 Å². The standard InChI is InChI=1S/C27H27N3O6S/c31-27(19-8-10-22(11-9-19)37(32,33)29-12-16-34-17-13-29)30-26(24-7-3-15-36-24)23-6-1-4-20(25(23)28-30)18-21-5-2-14-35-21/h2-3,5,7-11,14-15,18,23,26H,1,4,6,12-13,16-17H2/b20-18-/t23-,26-/m1/s1. The molecule has 1 saturated heterocycles. The Balaban J connectivity index is 1.32. The molecule has 2 aliphatic heterocycles. The van der Waals surface area contributed by atoms with Crippen molar-refractivity contribution >= 4 is 27.7 Å². The SMILES string of the molecule is O=C(c1ccc(S(=O)(=O)N2CCOCC2)cc1)N1N=C2/C(=C\c3ccco3)CCC[C@H]2[C@@H]1c1ccco1. The van der Waals surface area contributed by atoms with Crippen molar-refractivity contribution in [3.63, 3.8) is 0 Å². The van der Waals surface area contributed by atoms with Crippen LogP contribution < -0.4 is 0 Å². The smallest absolute Gasteiger partial charge is 0.274 e. The van der Waals surface area contributed by atoms with Crippen molar-refractivity contribution in [3.8, 4) is 0 Å². The first-order valence-electron chi connectivity index (χ1n) is 12.4. The minimum absolute atomic E-state index is 0.00830. The third kappa shape index (κ3) is 4.45. The molecule has 0 radical (unpaired) electrons. The Kier molecular flexibility index (Phi) is 6.31. The van der Waals surface area contributed by atoms with E-state index < -0.39 is 10.0 Å². The van der Waals surface area contributed by atoms with Crippen molar-refractivity contribution in [3.05, 3.63) is 83.7 Å². The summed E-state index contributed by atoms with van der Waals surface area (Å²) in [5.74, 6) is 1.10. The zero-order valence-corrected chi connectivity index (χ0v) is 21.0. The number of allylic oxidation sites excluding steroid dienone is 1. The average Bonchev–Trinajstić information content (AvgIpc) is 3.70. The number of nitrogens with zero attached hydrogens (tertiary/aromatic N) is 3. The summed E-state index contributed by atoms with van der Waals surface area (Å²) in [6, 6.07) is 13.1. The molecule has 0 bridgehead atoms. The van der Waals surface area contributed by atoms with E-state index in [1.807, 2.05) is 30.3 Å². The molecule has 2 atom stereocenters. The van der Waals surface area contributed by atoms with E-state index in [9.17, 15) is 13.2 Å². The number of benzene rings is 1. The molecule has 6 rings (SSSR count). The molecule has 1 aliphatic carbocycles. The van der Waals surface area contributed by atoms with Crippen LogP contribution in [0, 0.1) is 5.92 Å². The number of rotatable bonds is 5. The Morgan fingerprint density at radius 2 is 1.76 bits per heavy atom. The maximum atomic E-state index is 13.7. The number of furan rings is 2. The van der Waals surface area contributed by atoms with E-state index in [0.29, 0.717) is 37.6 Å². The summed E-state index contributed by atoms with van der Waals surface area (Å²) in [4.78, 5) is 13.9. The summed E-state index contributed by atoms with van der Waals surface area (Å²) in [6.45, 7) is 1.37. The Labute approximate surface area is 215 Å². The summed E-state index contributed by atoms with van der Waals surface area (Å²) in [5.41, 5.74) is 2.27. The van der Waals surface area contributed by atoms with Crippen molar-refractivity contribution < 1.29 is 26.8 Å². The number of sulfonamides is 1. The molecule has 2 aromatic heterocycles. The number of morpholine rings is 1. The molecule has 10 heteroatoms. The predicted octanol–water partition coefficient (Wildman–Crippen LogP) is 4.33. The number of carbonyl (C=O) groups is 1. The van der Waals surface area contributed by atoms with E-state index in [2.05, 4.69) is 0 Å². The minimum Gasteiger partial charge on any atom is -0.467 e. The maximum Gasteiger partial charge on any atom is 0.274 e. The van der Waals surface area contributed by atoms with Gasteiger partial charge in [-0.25, -0.2) is 13.4 Å². The van der Waals surface area contributed by atoms with Crippen LogP contribution in [0.5, 0.6) is 0 Å². The topological polar surface area (TPSA) is 106 Å². The molecule has 0 unspecified atom stereocenters. The fourth-order valence-corrected chi connectivity index (χ4v) is 6.70. The summed E-state index contributed by atoms with van der Waals surface area (Å²) in [7, 11) is -3.65. The van der Waals surface area contributed by atoms with Crippen LogP contribution >= 0.6 is 0 Å². The van der Waals surface area contributed by atoms with Gasteiger partial charge < -0.3 is 13.6 Å². The number of hydrazone groups is 1. The van der Waals surface area contributed by atoms with E-state index in [-0.39, 0.29) is 22.8 Å². The number of fused-ring (bicyclic) bond motifs is 1. The second kappa shape index (κ2) is 9.77. The van der Waals surface area contributed by atoms with Gasteiger partial charge in [0.15, 0.2) is 0 Å². The molecule has 0 N–H and O–H groups in total. The van der Waals surface area contributed by atoms with E-state index in [1.54, 1.807) is 24.7 Å². The summed E-state index contributed by atoms with van der Waals surface area (Å²) >= 11 is 0. The number of ether oxygens (including phenoxy) is 1. The molecule has 0 spiro atoms. The zero-order valence-electron chi connectivity index (χ0n) is 20.2. The van der Waals surface area contributed by atoms with Crippen LogP contribution in [0.15, 0.2) is 85.5 Å². The highest BCUT2D eigenvalue weighted by Crippen LogP contribution is 2.45. The summed E-state index contributed by atoms with van der Waals surface area (Å²) in [6.07, 6.45) is 7.90. The molecular weight excluding hydrogens is 494 g/mol. The van der Waals surface area contributed by atoms with Crippen LogP contribution in [-0.2, 0) is 14.8 Å². The van der Waals surface area contributed by atoms with Crippen molar-refractivity contribution in [2.75, 3.05) is 26.3 Å². The van der Waals surface area contributed by atoms with Crippen molar-refractivity contribution in [1.82, 2.24) is 9.31 Å². The van der Waals surface area contributed by atoms with Gasteiger partial charge in [-0.2, -0.15) is 9.41 Å². The summed E-state index contributed by atoms with van der Waals surface area (Å²) < 4.78 is 43.9. The number of amides is 1. The fraction of sp³-hybridized carbons (Fsp3) is 0.333. The molecule has 1 aromatic carbocycles. The number of hydrogen-bond donors (Lipinski definition) is 0. The predicted molar refractivity (Wildman–Crippen MR) is 135 cm³/mol. The summed E-state index contributed by atoms with van der Waals surface area (Å²) in [5, 5.41) is 6.31. The highest BCUT2D eigenvalue weighted by molar-refractivity contribution is 7.89. The van der Waals surface area contributed by atoms with Gasteiger partial charge in [-0.3, -0.25) is 4.79 Å². The first-order chi connectivity index (χ1) is 18.0. The van der Waals surface area contributed by atoms with Gasteiger partial charge in [0.2, 0.25) is 10.0 Å². The van der Waals surface area contributed by atoms with Gasteiger partial charge in [-0.15, -0.1) is 0 Å². The van der Waals surface area contributed by atoms with Crippen molar-refractivity contribution in [1.29, 1.82) is 0 Å². The van der Waals surface area contributed by atoms with Crippen LogP contribution in [0.4, 0.5) is 0 Å². The van der Waals surface area contributed by atoms with Crippen LogP contribution in [0.3, 0.4) is 0 Å². The lowest BCUT2D eigenvalue weighted by molar-refractivity contribution is 0.0656. The first kappa shape index (κ1) is 23.9. The van der Waals surface area contributed by atoms with Gasteiger partial charge in [0, 0.05) is 24.6 Å². The Morgan fingerprint density at radius 3 is 2.46 bits per heavy atom. The van der Waals surface area contributed by atoms with Gasteiger partial charge in [0.25, 0.3) is 5.91 Å². The van der Waals surface area contributed by atoms with Crippen LogP contribution in [0.1, 0.15) is 47.2 Å². The van der Waals surface area contributed by atoms with E-state index in [4.69, 9.17) is 18.7 Å². The molecule has 192 valence electrons. The van der Waals surface area contributed by atoms with Gasteiger partial charge >= 0.3 is 0 Å². The third-order valence-corrected chi connectivity index (χ3v) is 9.03. The number of carbonyl (C=O) groups excluding carboxylic acids is 1. The molecule has 3 aliphatic rings. The maximum absolute atomic E-state index is 13.7. The van der Waals surface area contributed by atoms with Crippen LogP contribution in [-0.4, -0.2) is 55.7 Å². The Morgan fingerprint density at radius 1 is 1.00 bits per heavy atom. The first-order valence-corrected chi connectivity index (χ1v) is 13.8. The quantitative estimate of drug-likeness (QED) is 0.495. The largest absolute Gasteiger partial charge is 0.467 e. The molecule has 2 fully saturated rings. The highest BCUT2D eigenvalue weighted by atomic mass is 32.2. The van der Waals surface area contributed by atoms with Gasteiger partial charge in [0.05, 0.1) is 36.3 Å². The zero-order chi connectivity index (χ0) is 25.4. The molecule has 9 nitrogen and oxygen atoms in total. The van der Waals surface area contributed by atoms with E-state index >= 15 is 0 Å². The van der Waals surface area contributed by atoms with Gasteiger partial charge in [-0.1, -0.05) is 0 Å². The van der Waals surface area contributed by atoms with Crippen LogP contribution in [0.2, 0.25) is 0 Å². The molecule has 3 aromatic rings. The lowest BCUT2D eigenvalue weighted by atomic mass is 9.79.